The summed E-state index contributed by atoms with van der Waals surface area (Å²) in [5.41, 5.74) is 5.59. The molecule has 6 nitrogen and oxygen atoms in total. The minimum atomic E-state index is -0.0925. The fourth-order valence-electron chi connectivity index (χ4n) is 0.782. The number of aromatic hydroxyl groups is 1. The molecule has 66 valence electrons. The van der Waals surface area contributed by atoms with Gasteiger partial charge in [-0.1, -0.05) is 0 Å². The van der Waals surface area contributed by atoms with Gasteiger partial charge in [-0.3, -0.25) is 0 Å². The Balaban J connectivity index is 3.22. The highest BCUT2D eigenvalue weighted by molar-refractivity contribution is 5.65. The molecular weight excluding hydrogens is 162 g/mol. The standard InChI is InChI=1S/C6H9N3O3/c7-6-4(11-8)1-3(10)2-5(6)12-9/h1-2,10H,7-9H2. The molecule has 0 heterocycles. The van der Waals surface area contributed by atoms with Crippen molar-refractivity contribution in [1.82, 2.24) is 0 Å². The van der Waals surface area contributed by atoms with Crippen molar-refractivity contribution in [3.63, 3.8) is 0 Å². The molecule has 7 N–H and O–H groups in total. The average molecular weight is 171 g/mol. The highest BCUT2D eigenvalue weighted by Gasteiger charge is 2.09. The quantitative estimate of drug-likeness (QED) is 0.270. The molecular formula is C6H9N3O3. The van der Waals surface area contributed by atoms with E-state index in [2.05, 4.69) is 9.68 Å². The van der Waals surface area contributed by atoms with E-state index >= 15 is 0 Å². The number of hydrogen-bond donors (Lipinski definition) is 4. The minimum absolute atomic E-state index is 0.0925. The van der Waals surface area contributed by atoms with Crippen LogP contribution < -0.4 is 27.2 Å². The maximum atomic E-state index is 9.05. The van der Waals surface area contributed by atoms with Gasteiger partial charge in [0.25, 0.3) is 0 Å². The number of rotatable bonds is 2. The molecule has 1 aromatic carbocycles. The van der Waals surface area contributed by atoms with Gasteiger partial charge >= 0.3 is 0 Å². The van der Waals surface area contributed by atoms with Crippen molar-refractivity contribution in [3.05, 3.63) is 12.1 Å². The second-order valence-corrected chi connectivity index (χ2v) is 2.09. The van der Waals surface area contributed by atoms with E-state index in [0.29, 0.717) is 0 Å². The fourth-order valence-corrected chi connectivity index (χ4v) is 0.782. The van der Waals surface area contributed by atoms with Crippen LogP contribution in [0.2, 0.25) is 0 Å². The van der Waals surface area contributed by atoms with Crippen molar-refractivity contribution in [1.29, 1.82) is 0 Å². The Kier molecular flexibility index (Phi) is 2.22. The van der Waals surface area contributed by atoms with Crippen LogP contribution >= 0.6 is 0 Å². The van der Waals surface area contributed by atoms with E-state index in [-0.39, 0.29) is 22.9 Å². The zero-order chi connectivity index (χ0) is 9.14. The second kappa shape index (κ2) is 3.16. The molecule has 0 aliphatic rings. The first-order chi connectivity index (χ1) is 5.69. The topological polar surface area (TPSA) is 117 Å². The summed E-state index contributed by atoms with van der Waals surface area (Å²) in [7, 11) is 0. The normalized spacial score (nSPS) is 9.50. The van der Waals surface area contributed by atoms with Crippen molar-refractivity contribution in [2.75, 3.05) is 5.73 Å². The number of anilines is 1. The summed E-state index contributed by atoms with van der Waals surface area (Å²) in [6.07, 6.45) is 0. The van der Waals surface area contributed by atoms with Gasteiger partial charge < -0.3 is 20.5 Å². The fraction of sp³-hybridized carbons (Fsp3) is 0. The summed E-state index contributed by atoms with van der Waals surface area (Å²) in [5.74, 6) is 9.83. The van der Waals surface area contributed by atoms with Crippen LogP contribution in [-0.2, 0) is 0 Å². The first kappa shape index (κ1) is 8.44. The maximum absolute atomic E-state index is 9.05. The van der Waals surface area contributed by atoms with Gasteiger partial charge in [-0.2, -0.15) is 11.8 Å². The molecule has 0 atom stereocenters. The average Bonchev–Trinajstić information content (AvgIpc) is 2.08. The number of phenols is 1. The lowest BCUT2D eigenvalue weighted by atomic mass is 10.2. The van der Waals surface area contributed by atoms with Crippen molar-refractivity contribution >= 4 is 5.69 Å². The SMILES string of the molecule is NOc1cc(O)cc(ON)c1N. The van der Waals surface area contributed by atoms with Crippen LogP contribution in [0.4, 0.5) is 5.69 Å². The van der Waals surface area contributed by atoms with Crippen LogP contribution in [0.3, 0.4) is 0 Å². The summed E-state index contributed by atoms with van der Waals surface area (Å²) < 4.78 is 0. The Morgan fingerprint density at radius 2 is 1.50 bits per heavy atom. The molecule has 0 bridgehead atoms. The minimum Gasteiger partial charge on any atom is -0.508 e. The molecule has 12 heavy (non-hydrogen) atoms. The molecule has 0 radical (unpaired) electrons. The van der Waals surface area contributed by atoms with Gasteiger partial charge in [0.05, 0.1) is 0 Å². The van der Waals surface area contributed by atoms with E-state index in [0.717, 1.165) is 0 Å². The Labute approximate surface area is 68.4 Å². The number of nitrogen functional groups attached to an aromatic ring is 1. The number of nitrogens with two attached hydrogens (primary N) is 3. The largest absolute Gasteiger partial charge is 0.508 e. The zero-order valence-electron chi connectivity index (χ0n) is 6.15. The van der Waals surface area contributed by atoms with Gasteiger partial charge in [0.1, 0.15) is 11.4 Å². The molecule has 0 saturated carbocycles. The van der Waals surface area contributed by atoms with Gasteiger partial charge in [0, 0.05) is 12.1 Å². The summed E-state index contributed by atoms with van der Waals surface area (Å²) in [4.78, 5) is 8.70. The molecule has 0 unspecified atom stereocenters. The summed E-state index contributed by atoms with van der Waals surface area (Å²) in [5, 5.41) is 9.05. The van der Waals surface area contributed by atoms with E-state index in [1.54, 1.807) is 0 Å². The third-order valence-electron chi connectivity index (χ3n) is 1.34. The smallest absolute Gasteiger partial charge is 0.177 e. The predicted molar refractivity (Wildman–Crippen MR) is 42.1 cm³/mol. The van der Waals surface area contributed by atoms with E-state index in [1.807, 2.05) is 0 Å². The van der Waals surface area contributed by atoms with Crippen LogP contribution in [0, 0.1) is 0 Å². The molecule has 0 amide bonds. The van der Waals surface area contributed by atoms with Crippen LogP contribution in [0.15, 0.2) is 12.1 Å². The van der Waals surface area contributed by atoms with Gasteiger partial charge in [-0.25, -0.2) is 0 Å². The van der Waals surface area contributed by atoms with Crippen LogP contribution in [0.1, 0.15) is 0 Å². The first-order valence-corrected chi connectivity index (χ1v) is 3.05. The van der Waals surface area contributed by atoms with Crippen molar-refractivity contribution in [2.45, 2.75) is 0 Å². The highest BCUT2D eigenvalue weighted by atomic mass is 16.6. The molecule has 0 aliphatic heterocycles. The van der Waals surface area contributed by atoms with Gasteiger partial charge in [-0.15, -0.1) is 0 Å². The number of benzene rings is 1. The maximum Gasteiger partial charge on any atom is 0.177 e. The second-order valence-electron chi connectivity index (χ2n) is 2.09. The summed E-state index contributed by atoms with van der Waals surface area (Å²) in [6.45, 7) is 0. The van der Waals surface area contributed by atoms with Gasteiger partial charge in [0.15, 0.2) is 11.5 Å². The Hall–Kier alpha value is -1.66. The molecule has 1 aromatic rings. The lowest BCUT2D eigenvalue weighted by Gasteiger charge is -2.07. The van der Waals surface area contributed by atoms with Crippen LogP contribution in [0.25, 0.3) is 0 Å². The molecule has 0 aliphatic carbocycles. The van der Waals surface area contributed by atoms with E-state index in [1.165, 1.54) is 12.1 Å². The van der Waals surface area contributed by atoms with Crippen molar-refractivity contribution in [3.8, 4) is 17.2 Å². The molecule has 0 fully saturated rings. The zero-order valence-corrected chi connectivity index (χ0v) is 6.15. The van der Waals surface area contributed by atoms with E-state index in [9.17, 15) is 0 Å². The highest BCUT2D eigenvalue weighted by Crippen LogP contribution is 2.34. The van der Waals surface area contributed by atoms with E-state index in [4.69, 9.17) is 22.6 Å². The monoisotopic (exact) mass is 171 g/mol. The number of phenolic OH excluding ortho intramolecular Hbond substituents is 1. The third kappa shape index (κ3) is 1.34. The molecule has 6 heteroatoms. The Bertz CT molecular complexity index is 264. The van der Waals surface area contributed by atoms with Crippen LogP contribution in [-0.4, -0.2) is 5.11 Å². The van der Waals surface area contributed by atoms with Crippen molar-refractivity contribution < 1.29 is 14.8 Å². The summed E-state index contributed by atoms with van der Waals surface area (Å²) >= 11 is 0. The third-order valence-corrected chi connectivity index (χ3v) is 1.34. The molecule has 0 saturated heterocycles. The van der Waals surface area contributed by atoms with Crippen molar-refractivity contribution in [2.24, 2.45) is 11.8 Å². The van der Waals surface area contributed by atoms with E-state index < -0.39 is 0 Å². The summed E-state index contributed by atoms with van der Waals surface area (Å²) in [6, 6.07) is 2.50. The molecule has 0 spiro atoms. The molecule has 1 rings (SSSR count). The van der Waals surface area contributed by atoms with Gasteiger partial charge in [-0.05, 0) is 0 Å². The van der Waals surface area contributed by atoms with Crippen LogP contribution in [0.5, 0.6) is 17.2 Å². The lowest BCUT2D eigenvalue weighted by molar-refractivity contribution is 0.316. The lowest BCUT2D eigenvalue weighted by Crippen LogP contribution is -2.08. The first-order valence-electron chi connectivity index (χ1n) is 3.05. The predicted octanol–water partition coefficient (Wildman–Crippen LogP) is -0.521. The van der Waals surface area contributed by atoms with Gasteiger partial charge in [0.2, 0.25) is 0 Å². The Morgan fingerprint density at radius 3 is 1.83 bits per heavy atom. The Morgan fingerprint density at radius 1 is 1.08 bits per heavy atom. The molecule has 0 aromatic heterocycles. The number of hydrogen-bond acceptors (Lipinski definition) is 6.